The number of alkyl halides is 2. The molecule has 0 saturated carbocycles. The summed E-state index contributed by atoms with van der Waals surface area (Å²) < 4.78 is 49.4. The summed E-state index contributed by atoms with van der Waals surface area (Å²) in [6.07, 6.45) is -4.94. The Bertz CT molecular complexity index is 1550. The molecule has 41 heavy (non-hydrogen) atoms. The standard InChI is InChI=1S/C30H27ClF2N2O6/c1-39-22-14-12-21(13-15-22)30(19-8-4-2-5-9-19,20-10-6-3-7-11-20)40-25-24(33)27(41-29(25,17-31)18-36)35-16-23(32)26(37)34-28(35)38/h2-16,24-25,27,36H,17-18H2,1H3,(H,34,37,38)/t24-,25-,27+,29+/m0/s1. The third-order valence-electron chi connectivity index (χ3n) is 7.29. The molecule has 1 fully saturated rings. The molecule has 2 heterocycles. The predicted octanol–water partition coefficient (Wildman–Crippen LogP) is 3.90. The van der Waals surface area contributed by atoms with Crippen molar-refractivity contribution in [3.63, 3.8) is 0 Å². The number of aliphatic hydroxyl groups is 1. The summed E-state index contributed by atoms with van der Waals surface area (Å²) in [6, 6.07) is 25.2. The third kappa shape index (κ3) is 4.97. The van der Waals surface area contributed by atoms with E-state index in [0.29, 0.717) is 33.2 Å². The highest BCUT2D eigenvalue weighted by molar-refractivity contribution is 6.18. The summed E-state index contributed by atoms with van der Waals surface area (Å²) in [5, 5.41) is 10.5. The van der Waals surface area contributed by atoms with E-state index in [2.05, 4.69) is 0 Å². The number of rotatable bonds is 9. The summed E-state index contributed by atoms with van der Waals surface area (Å²) in [6.45, 7) is -0.791. The van der Waals surface area contributed by atoms with Crippen molar-refractivity contribution in [2.75, 3.05) is 19.6 Å². The molecule has 8 nitrogen and oxygen atoms in total. The van der Waals surface area contributed by atoms with Crippen LogP contribution in [0.25, 0.3) is 0 Å². The molecule has 1 aliphatic rings. The molecule has 1 aromatic heterocycles. The van der Waals surface area contributed by atoms with Crippen LogP contribution in [-0.2, 0) is 15.1 Å². The van der Waals surface area contributed by atoms with Gasteiger partial charge in [-0.05, 0) is 28.8 Å². The van der Waals surface area contributed by atoms with E-state index in [1.807, 2.05) is 60.7 Å². The Morgan fingerprint density at radius 2 is 1.56 bits per heavy atom. The van der Waals surface area contributed by atoms with Crippen LogP contribution in [0.2, 0.25) is 0 Å². The molecule has 1 aliphatic heterocycles. The van der Waals surface area contributed by atoms with Crippen LogP contribution in [0.4, 0.5) is 8.78 Å². The van der Waals surface area contributed by atoms with E-state index in [4.69, 9.17) is 25.8 Å². The van der Waals surface area contributed by atoms with Crippen LogP contribution in [0.5, 0.6) is 5.75 Å². The van der Waals surface area contributed by atoms with Crippen molar-refractivity contribution in [1.82, 2.24) is 9.55 Å². The van der Waals surface area contributed by atoms with Gasteiger partial charge in [-0.2, -0.15) is 4.39 Å². The topological polar surface area (TPSA) is 103 Å². The van der Waals surface area contributed by atoms with Crippen molar-refractivity contribution in [2.24, 2.45) is 0 Å². The quantitative estimate of drug-likeness (QED) is 0.229. The Kier molecular flexibility index (Phi) is 8.10. The highest BCUT2D eigenvalue weighted by Crippen LogP contribution is 2.49. The van der Waals surface area contributed by atoms with E-state index in [1.165, 1.54) is 7.11 Å². The van der Waals surface area contributed by atoms with Gasteiger partial charge in [-0.3, -0.25) is 14.3 Å². The Balaban J connectivity index is 1.73. The van der Waals surface area contributed by atoms with Crippen LogP contribution in [0.1, 0.15) is 22.9 Å². The number of nitrogens with zero attached hydrogens (tertiary/aromatic N) is 1. The molecule has 214 valence electrons. The number of nitrogens with one attached hydrogen (secondary N) is 1. The summed E-state index contributed by atoms with van der Waals surface area (Å²) in [5.41, 5.74) is -3.85. The molecular weight excluding hydrogens is 558 g/mol. The summed E-state index contributed by atoms with van der Waals surface area (Å²) in [5.74, 6) is -1.17. The van der Waals surface area contributed by atoms with Crippen LogP contribution in [0, 0.1) is 5.82 Å². The molecule has 5 rings (SSSR count). The van der Waals surface area contributed by atoms with Gasteiger partial charge in [0.05, 0.1) is 25.8 Å². The smallest absolute Gasteiger partial charge is 0.330 e. The number of aliphatic hydroxyl groups excluding tert-OH is 1. The molecule has 0 aliphatic carbocycles. The number of hydrogen-bond acceptors (Lipinski definition) is 6. The van der Waals surface area contributed by atoms with Gasteiger partial charge in [0.15, 0.2) is 12.4 Å². The van der Waals surface area contributed by atoms with Gasteiger partial charge in [0.25, 0.3) is 5.56 Å². The zero-order chi connectivity index (χ0) is 29.2. The van der Waals surface area contributed by atoms with Crippen LogP contribution in [0.15, 0.2) is 101 Å². The second-order valence-corrected chi connectivity index (χ2v) is 9.90. The van der Waals surface area contributed by atoms with Crippen molar-refractivity contribution >= 4 is 11.6 Å². The van der Waals surface area contributed by atoms with Crippen LogP contribution < -0.4 is 16.0 Å². The maximum Gasteiger partial charge on any atom is 0.330 e. The van der Waals surface area contributed by atoms with Crippen molar-refractivity contribution in [2.45, 2.75) is 29.7 Å². The number of halogens is 3. The molecule has 0 radical (unpaired) electrons. The zero-order valence-electron chi connectivity index (χ0n) is 21.9. The largest absolute Gasteiger partial charge is 0.497 e. The van der Waals surface area contributed by atoms with Gasteiger partial charge in [0.1, 0.15) is 23.1 Å². The molecule has 0 unspecified atom stereocenters. The van der Waals surface area contributed by atoms with Gasteiger partial charge >= 0.3 is 5.69 Å². The average molecular weight is 585 g/mol. The Hall–Kier alpha value is -3.83. The maximum atomic E-state index is 16.6. The summed E-state index contributed by atoms with van der Waals surface area (Å²) in [4.78, 5) is 26.0. The Morgan fingerprint density at radius 1 is 1.00 bits per heavy atom. The van der Waals surface area contributed by atoms with Crippen molar-refractivity contribution in [3.05, 3.63) is 134 Å². The second kappa shape index (κ2) is 11.6. The lowest BCUT2D eigenvalue weighted by Gasteiger charge is -2.42. The van der Waals surface area contributed by atoms with Crippen LogP contribution >= 0.6 is 11.6 Å². The van der Waals surface area contributed by atoms with Gasteiger partial charge in [-0.1, -0.05) is 72.8 Å². The molecule has 2 N–H and O–H groups in total. The minimum atomic E-state index is -2.14. The lowest BCUT2D eigenvalue weighted by atomic mass is 9.79. The molecular formula is C30H27ClF2N2O6. The van der Waals surface area contributed by atoms with E-state index in [9.17, 15) is 19.1 Å². The van der Waals surface area contributed by atoms with Crippen LogP contribution in [0.3, 0.4) is 0 Å². The fourth-order valence-electron chi connectivity index (χ4n) is 5.19. The first-order chi connectivity index (χ1) is 19.8. The minimum Gasteiger partial charge on any atom is -0.497 e. The molecule has 4 atom stereocenters. The van der Waals surface area contributed by atoms with Gasteiger partial charge in [-0.15, -0.1) is 11.6 Å². The molecule has 3 aromatic carbocycles. The van der Waals surface area contributed by atoms with Gasteiger partial charge in [0.2, 0.25) is 5.82 Å². The number of hydrogen-bond donors (Lipinski definition) is 2. The van der Waals surface area contributed by atoms with Crippen LogP contribution in [-0.4, -0.2) is 52.1 Å². The van der Waals surface area contributed by atoms with E-state index >= 15 is 4.39 Å². The fraction of sp³-hybridized carbons (Fsp3) is 0.267. The van der Waals surface area contributed by atoms with Crippen molar-refractivity contribution in [3.8, 4) is 5.75 Å². The lowest BCUT2D eigenvalue weighted by Crippen LogP contribution is -2.53. The normalized spacial score (nSPS) is 22.5. The fourth-order valence-corrected chi connectivity index (χ4v) is 5.49. The van der Waals surface area contributed by atoms with Gasteiger partial charge in [0, 0.05) is 0 Å². The molecule has 0 spiro atoms. The average Bonchev–Trinajstić information content (AvgIpc) is 3.29. The highest BCUT2D eigenvalue weighted by atomic mass is 35.5. The van der Waals surface area contributed by atoms with E-state index in [1.54, 1.807) is 29.2 Å². The number of methoxy groups -OCH3 is 1. The predicted molar refractivity (Wildman–Crippen MR) is 147 cm³/mol. The second-order valence-electron chi connectivity index (χ2n) is 9.63. The number of aromatic amines is 1. The SMILES string of the molecule is COc1ccc(C(O[C@H]2[C@H](F)[C@H](n3cc(F)c(=O)[nH]c3=O)O[C@@]2(CO)CCl)(c2ccccc2)c2ccccc2)cc1. The molecule has 0 bridgehead atoms. The van der Waals surface area contributed by atoms with E-state index in [0.717, 1.165) is 0 Å². The van der Waals surface area contributed by atoms with E-state index < -0.39 is 59.3 Å². The zero-order valence-corrected chi connectivity index (χ0v) is 22.6. The Labute approximate surface area is 238 Å². The first-order valence-corrected chi connectivity index (χ1v) is 13.3. The summed E-state index contributed by atoms with van der Waals surface area (Å²) >= 11 is 6.31. The number of benzene rings is 3. The summed E-state index contributed by atoms with van der Waals surface area (Å²) in [7, 11) is 1.54. The van der Waals surface area contributed by atoms with E-state index in [-0.39, 0.29) is 0 Å². The van der Waals surface area contributed by atoms with Gasteiger partial charge in [-0.25, -0.2) is 9.18 Å². The molecule has 4 aromatic rings. The number of aromatic nitrogens is 2. The van der Waals surface area contributed by atoms with Crippen molar-refractivity contribution in [1.29, 1.82) is 0 Å². The molecule has 11 heteroatoms. The third-order valence-corrected chi connectivity index (χ3v) is 7.74. The number of ether oxygens (including phenoxy) is 3. The van der Waals surface area contributed by atoms with Gasteiger partial charge < -0.3 is 19.3 Å². The number of H-pyrrole nitrogens is 1. The lowest BCUT2D eigenvalue weighted by molar-refractivity contribution is -0.154. The minimum absolute atomic E-state index is 0.437. The highest BCUT2D eigenvalue weighted by Gasteiger charge is 2.60. The maximum absolute atomic E-state index is 16.6. The first-order valence-electron chi connectivity index (χ1n) is 12.7. The monoisotopic (exact) mass is 584 g/mol. The first kappa shape index (κ1) is 28.7. The molecule has 0 amide bonds. The van der Waals surface area contributed by atoms with Crippen molar-refractivity contribution < 1.29 is 28.1 Å². The Morgan fingerprint density at radius 3 is 2.07 bits per heavy atom. The molecule has 1 saturated heterocycles.